The third-order valence-corrected chi connectivity index (χ3v) is 2.72. The highest BCUT2D eigenvalue weighted by Gasteiger charge is 2.30. The lowest BCUT2D eigenvalue weighted by molar-refractivity contribution is -0.0786. The normalized spacial score (nSPS) is 14.8. The number of ether oxygens (including phenoxy) is 2. The molecule has 21 heavy (non-hydrogen) atoms. The van der Waals surface area contributed by atoms with Crippen molar-refractivity contribution in [2.24, 2.45) is 11.5 Å². The Morgan fingerprint density at radius 3 is 2.24 bits per heavy atom. The third kappa shape index (κ3) is 6.11. The van der Waals surface area contributed by atoms with E-state index in [9.17, 15) is 19.8 Å². The summed E-state index contributed by atoms with van der Waals surface area (Å²) in [6.07, 6.45) is -6.08. The molecule has 1 aromatic carbocycles. The lowest BCUT2D eigenvalue weighted by Gasteiger charge is -2.25. The smallest absolute Gasteiger partial charge is 0.404 e. The van der Waals surface area contributed by atoms with E-state index in [2.05, 4.69) is 4.74 Å². The van der Waals surface area contributed by atoms with E-state index < -0.39 is 37.1 Å². The van der Waals surface area contributed by atoms with Crippen LogP contribution in [0.1, 0.15) is 5.56 Å². The molecule has 0 aromatic heterocycles. The van der Waals surface area contributed by atoms with Gasteiger partial charge in [0.1, 0.15) is 24.9 Å². The third-order valence-electron chi connectivity index (χ3n) is 2.72. The van der Waals surface area contributed by atoms with Gasteiger partial charge in [-0.15, -0.1) is 0 Å². The van der Waals surface area contributed by atoms with Gasteiger partial charge in [0.2, 0.25) is 0 Å². The van der Waals surface area contributed by atoms with E-state index in [0.717, 1.165) is 5.56 Å². The SMILES string of the molecule is NC(=O)OCC(O)C(O)C(Cc1ccccc1)OC(N)=O. The van der Waals surface area contributed by atoms with Gasteiger partial charge < -0.3 is 31.2 Å². The topological polar surface area (TPSA) is 145 Å². The summed E-state index contributed by atoms with van der Waals surface area (Å²) in [7, 11) is 0. The van der Waals surface area contributed by atoms with Crippen molar-refractivity contribution in [3.05, 3.63) is 35.9 Å². The molecular weight excluding hydrogens is 280 g/mol. The standard InChI is InChI=1S/C13H18N2O6/c14-12(18)20-7-9(16)11(17)10(21-13(15)19)6-8-4-2-1-3-5-8/h1-5,9-11,16-17H,6-7H2,(H2,14,18)(H2,15,19). The van der Waals surface area contributed by atoms with Crippen LogP contribution in [0.4, 0.5) is 9.59 Å². The Labute approximate surface area is 121 Å². The van der Waals surface area contributed by atoms with Gasteiger partial charge in [-0.05, 0) is 5.56 Å². The Balaban J connectivity index is 2.71. The first kappa shape index (κ1) is 16.7. The van der Waals surface area contributed by atoms with Crippen molar-refractivity contribution in [2.45, 2.75) is 24.7 Å². The number of carbonyl (C=O) groups is 2. The number of amides is 2. The Kier molecular flexibility index (Phi) is 6.44. The van der Waals surface area contributed by atoms with Crippen LogP contribution in [0.25, 0.3) is 0 Å². The van der Waals surface area contributed by atoms with Crippen LogP contribution < -0.4 is 11.5 Å². The average Bonchev–Trinajstić information content (AvgIpc) is 2.43. The van der Waals surface area contributed by atoms with Gasteiger partial charge in [-0.3, -0.25) is 0 Å². The van der Waals surface area contributed by atoms with Crippen LogP contribution in [-0.2, 0) is 15.9 Å². The second-order valence-corrected chi connectivity index (χ2v) is 4.35. The van der Waals surface area contributed by atoms with E-state index in [1.54, 1.807) is 30.3 Å². The van der Waals surface area contributed by atoms with Crippen molar-refractivity contribution >= 4 is 12.2 Å². The molecule has 0 aliphatic rings. The summed E-state index contributed by atoms with van der Waals surface area (Å²) < 4.78 is 9.19. The number of nitrogens with two attached hydrogens (primary N) is 2. The van der Waals surface area contributed by atoms with E-state index >= 15 is 0 Å². The quantitative estimate of drug-likeness (QED) is 0.534. The minimum Gasteiger partial charge on any atom is -0.447 e. The average molecular weight is 298 g/mol. The molecule has 1 aromatic rings. The number of carbonyl (C=O) groups excluding carboxylic acids is 2. The number of hydrogen-bond acceptors (Lipinski definition) is 6. The summed E-state index contributed by atoms with van der Waals surface area (Å²) in [5.41, 5.74) is 10.5. The molecule has 6 N–H and O–H groups in total. The maximum atomic E-state index is 10.9. The number of hydrogen-bond donors (Lipinski definition) is 4. The molecule has 116 valence electrons. The van der Waals surface area contributed by atoms with Gasteiger partial charge >= 0.3 is 12.2 Å². The van der Waals surface area contributed by atoms with Crippen molar-refractivity contribution in [3.63, 3.8) is 0 Å². The zero-order valence-electron chi connectivity index (χ0n) is 11.2. The van der Waals surface area contributed by atoms with Crippen LogP contribution in [0, 0.1) is 0 Å². The van der Waals surface area contributed by atoms with Gasteiger partial charge in [-0.2, -0.15) is 0 Å². The lowest BCUT2D eigenvalue weighted by Crippen LogP contribution is -2.45. The summed E-state index contributed by atoms with van der Waals surface area (Å²) in [5.74, 6) is 0. The second-order valence-electron chi connectivity index (χ2n) is 4.35. The van der Waals surface area contributed by atoms with Gasteiger partial charge in [-0.1, -0.05) is 30.3 Å². The Morgan fingerprint density at radius 1 is 1.10 bits per heavy atom. The predicted octanol–water partition coefficient (Wildman–Crippen LogP) is -0.490. The van der Waals surface area contributed by atoms with E-state index in [4.69, 9.17) is 16.2 Å². The number of rotatable bonds is 7. The minimum atomic E-state index is -1.49. The summed E-state index contributed by atoms with van der Waals surface area (Å²) in [4.78, 5) is 21.4. The summed E-state index contributed by atoms with van der Waals surface area (Å²) in [6, 6.07) is 8.87. The lowest BCUT2D eigenvalue weighted by atomic mass is 10.0. The van der Waals surface area contributed by atoms with Crippen molar-refractivity contribution in [2.75, 3.05) is 6.61 Å². The first-order valence-corrected chi connectivity index (χ1v) is 6.18. The maximum absolute atomic E-state index is 10.9. The molecule has 0 aliphatic heterocycles. The van der Waals surface area contributed by atoms with Gasteiger partial charge in [0.25, 0.3) is 0 Å². The van der Waals surface area contributed by atoms with Gasteiger partial charge in [0.15, 0.2) is 0 Å². The number of benzene rings is 1. The fraction of sp³-hybridized carbons (Fsp3) is 0.385. The van der Waals surface area contributed by atoms with Crippen molar-refractivity contribution in [1.29, 1.82) is 0 Å². The van der Waals surface area contributed by atoms with Gasteiger partial charge in [0, 0.05) is 6.42 Å². The molecule has 1 rings (SSSR count). The van der Waals surface area contributed by atoms with Crippen molar-refractivity contribution in [1.82, 2.24) is 0 Å². The Bertz CT molecular complexity index is 467. The van der Waals surface area contributed by atoms with Crippen molar-refractivity contribution in [3.8, 4) is 0 Å². The molecule has 0 saturated carbocycles. The Hall–Kier alpha value is -2.32. The highest BCUT2D eigenvalue weighted by Crippen LogP contribution is 2.13. The first-order chi connectivity index (χ1) is 9.90. The molecule has 0 bridgehead atoms. The number of aliphatic hydroxyl groups excluding tert-OH is 2. The van der Waals surface area contributed by atoms with E-state index in [1.165, 1.54) is 0 Å². The van der Waals surface area contributed by atoms with Crippen molar-refractivity contribution < 1.29 is 29.3 Å². The van der Waals surface area contributed by atoms with Crippen LogP contribution >= 0.6 is 0 Å². The molecule has 3 atom stereocenters. The largest absolute Gasteiger partial charge is 0.447 e. The monoisotopic (exact) mass is 298 g/mol. The van der Waals surface area contributed by atoms with E-state index in [1.807, 2.05) is 0 Å². The van der Waals surface area contributed by atoms with Crippen LogP contribution in [0.3, 0.4) is 0 Å². The number of aliphatic hydroxyl groups is 2. The second kappa shape index (κ2) is 8.08. The van der Waals surface area contributed by atoms with Crippen LogP contribution in [0.2, 0.25) is 0 Å². The van der Waals surface area contributed by atoms with Gasteiger partial charge in [-0.25, -0.2) is 9.59 Å². The van der Waals surface area contributed by atoms with Crippen LogP contribution in [0.5, 0.6) is 0 Å². The maximum Gasteiger partial charge on any atom is 0.404 e. The zero-order valence-corrected chi connectivity index (χ0v) is 11.2. The Morgan fingerprint density at radius 2 is 1.71 bits per heavy atom. The molecule has 3 unspecified atom stereocenters. The fourth-order valence-corrected chi connectivity index (χ4v) is 1.74. The molecule has 8 heteroatoms. The van der Waals surface area contributed by atoms with Gasteiger partial charge in [0.05, 0.1) is 0 Å². The summed E-state index contributed by atoms with van der Waals surface area (Å²) in [6.45, 7) is -0.524. The summed E-state index contributed by atoms with van der Waals surface area (Å²) >= 11 is 0. The molecule has 0 saturated heterocycles. The van der Waals surface area contributed by atoms with E-state index in [-0.39, 0.29) is 6.42 Å². The summed E-state index contributed by atoms with van der Waals surface area (Å²) in [5, 5.41) is 19.7. The molecule has 8 nitrogen and oxygen atoms in total. The highest BCUT2D eigenvalue weighted by atomic mass is 16.6. The highest BCUT2D eigenvalue weighted by molar-refractivity contribution is 5.65. The molecule has 0 heterocycles. The number of primary amides is 2. The van der Waals surface area contributed by atoms with E-state index in [0.29, 0.717) is 0 Å². The minimum absolute atomic E-state index is 0.137. The molecule has 2 amide bonds. The van der Waals surface area contributed by atoms with Crippen LogP contribution in [0.15, 0.2) is 30.3 Å². The molecule has 0 fully saturated rings. The molecular formula is C13H18N2O6. The first-order valence-electron chi connectivity index (χ1n) is 6.18. The predicted molar refractivity (Wildman–Crippen MR) is 72.2 cm³/mol. The fourth-order valence-electron chi connectivity index (χ4n) is 1.74. The molecule has 0 spiro atoms. The zero-order chi connectivity index (χ0) is 15.8. The van der Waals surface area contributed by atoms with Crippen LogP contribution in [-0.4, -0.2) is 47.3 Å². The molecule has 0 radical (unpaired) electrons. The molecule has 0 aliphatic carbocycles.